The molecule has 0 aliphatic rings. The van der Waals surface area contributed by atoms with Crippen LogP contribution in [0.1, 0.15) is 5.56 Å². The van der Waals surface area contributed by atoms with Gasteiger partial charge in [0.05, 0.1) is 31.8 Å². The molecule has 0 unspecified atom stereocenters. The van der Waals surface area contributed by atoms with E-state index in [0.29, 0.717) is 16.1 Å². The van der Waals surface area contributed by atoms with Crippen LogP contribution < -0.4 is 19.0 Å². The number of benzene rings is 3. The maximum absolute atomic E-state index is 12.5. The molecule has 0 fully saturated rings. The molecule has 4 aromatic rings. The molecule has 4 rings (SSSR count). The number of alkyl halides is 2. The van der Waals surface area contributed by atoms with Crippen LogP contribution in [-0.2, 0) is 0 Å². The van der Waals surface area contributed by atoms with Crippen LogP contribution in [0.5, 0.6) is 23.0 Å². The van der Waals surface area contributed by atoms with E-state index in [1.165, 1.54) is 37.7 Å². The van der Waals surface area contributed by atoms with Gasteiger partial charge in [-0.2, -0.15) is 13.9 Å². The van der Waals surface area contributed by atoms with Gasteiger partial charge in [0, 0.05) is 16.5 Å². The van der Waals surface area contributed by atoms with Gasteiger partial charge in [-0.1, -0.05) is 18.2 Å². The van der Waals surface area contributed by atoms with E-state index in [4.69, 9.17) is 14.5 Å². The lowest BCUT2D eigenvalue weighted by Gasteiger charge is -2.09. The Hall–Kier alpha value is -4.18. The molecule has 1 heterocycles. The smallest absolute Gasteiger partial charge is 0.387 e. The monoisotopic (exact) mass is 497 g/mol. The first-order valence-corrected chi connectivity index (χ1v) is 11.2. The van der Waals surface area contributed by atoms with Crippen molar-refractivity contribution in [3.8, 4) is 34.3 Å². The highest BCUT2D eigenvalue weighted by Gasteiger charge is 2.12. The first-order valence-electron chi connectivity index (χ1n) is 10.3. The Kier molecular flexibility index (Phi) is 7.41. The molecule has 0 aliphatic carbocycles. The molecule has 7 nitrogen and oxygen atoms in total. The first-order chi connectivity index (χ1) is 17.0. The van der Waals surface area contributed by atoms with E-state index >= 15 is 0 Å². The minimum Gasteiger partial charge on any atom is -0.502 e. The van der Waals surface area contributed by atoms with Crippen LogP contribution >= 0.6 is 11.3 Å². The van der Waals surface area contributed by atoms with Crippen molar-refractivity contribution >= 4 is 23.2 Å². The Labute approximate surface area is 203 Å². The Morgan fingerprint density at radius 2 is 1.63 bits per heavy atom. The van der Waals surface area contributed by atoms with Crippen LogP contribution in [0.2, 0.25) is 0 Å². The molecule has 0 bridgehead atoms. The number of nitrogens with zero attached hydrogens (tertiary/aromatic N) is 3. The molecular weight excluding hydrogens is 476 g/mol. The van der Waals surface area contributed by atoms with Crippen molar-refractivity contribution in [2.24, 2.45) is 10.1 Å². The Morgan fingerprint density at radius 1 is 0.971 bits per heavy atom. The molecule has 0 aliphatic heterocycles. The van der Waals surface area contributed by atoms with Gasteiger partial charge < -0.3 is 19.3 Å². The predicted molar refractivity (Wildman–Crippen MR) is 130 cm³/mol. The zero-order chi connectivity index (χ0) is 24.8. The molecule has 0 radical (unpaired) electrons. The number of rotatable bonds is 8. The van der Waals surface area contributed by atoms with Crippen LogP contribution in [0.25, 0.3) is 11.3 Å². The molecule has 3 aromatic carbocycles. The second-order valence-electron chi connectivity index (χ2n) is 7.08. The van der Waals surface area contributed by atoms with Crippen molar-refractivity contribution in [2.75, 3.05) is 14.2 Å². The second kappa shape index (κ2) is 10.8. The van der Waals surface area contributed by atoms with Gasteiger partial charge in [-0.05, 0) is 48.5 Å². The molecule has 0 saturated carbocycles. The maximum Gasteiger partial charge on any atom is 0.387 e. The summed E-state index contributed by atoms with van der Waals surface area (Å²) in [7, 11) is 2.89. The van der Waals surface area contributed by atoms with Crippen molar-refractivity contribution in [1.29, 1.82) is 0 Å². The summed E-state index contributed by atoms with van der Waals surface area (Å²) in [6.07, 6.45) is 1.58. The molecule has 0 saturated heterocycles. The van der Waals surface area contributed by atoms with Gasteiger partial charge in [-0.3, -0.25) is 0 Å². The molecule has 0 atom stereocenters. The summed E-state index contributed by atoms with van der Waals surface area (Å²) in [5.41, 5.74) is 2.80. The van der Waals surface area contributed by atoms with Crippen molar-refractivity contribution < 1.29 is 28.1 Å². The highest BCUT2D eigenvalue weighted by molar-refractivity contribution is 7.07. The summed E-state index contributed by atoms with van der Waals surface area (Å²) in [4.78, 5) is 5.28. The largest absolute Gasteiger partial charge is 0.502 e. The average molecular weight is 498 g/mol. The fraction of sp³-hybridized carbons (Fsp3) is 0.120. The maximum atomic E-state index is 12.5. The Morgan fingerprint density at radius 3 is 2.23 bits per heavy atom. The number of para-hydroxylation sites is 1. The van der Waals surface area contributed by atoms with Gasteiger partial charge in [0.2, 0.25) is 10.6 Å². The Balaban J connectivity index is 1.80. The van der Waals surface area contributed by atoms with Gasteiger partial charge in [-0.25, -0.2) is 9.67 Å². The van der Waals surface area contributed by atoms with E-state index in [1.54, 1.807) is 35.2 Å². The van der Waals surface area contributed by atoms with Crippen molar-refractivity contribution in [3.63, 3.8) is 0 Å². The summed E-state index contributed by atoms with van der Waals surface area (Å²) in [6.45, 7) is -2.90. The summed E-state index contributed by atoms with van der Waals surface area (Å²) in [5.74, 6) is 0.434. The summed E-state index contributed by atoms with van der Waals surface area (Å²) >= 11 is 1.38. The molecule has 180 valence electrons. The van der Waals surface area contributed by atoms with Gasteiger partial charge in [0.15, 0.2) is 11.5 Å². The fourth-order valence-corrected chi connectivity index (χ4v) is 4.08. The summed E-state index contributed by atoms with van der Waals surface area (Å²) in [6, 6.07) is 19.0. The third-order valence-electron chi connectivity index (χ3n) is 4.87. The number of hydrogen-bond donors (Lipinski definition) is 1. The zero-order valence-electron chi connectivity index (χ0n) is 18.8. The summed E-state index contributed by atoms with van der Waals surface area (Å²) in [5, 5.41) is 16.7. The number of phenolic OH excluding ortho intramolecular Hbond substituents is 1. The number of aromatic nitrogens is 1. The number of ether oxygens (including phenoxy) is 3. The molecular formula is C25H21F2N3O4S. The molecule has 1 N–H and O–H groups in total. The number of methoxy groups -OCH3 is 2. The molecule has 10 heteroatoms. The molecule has 0 amide bonds. The molecule has 0 spiro atoms. The van der Waals surface area contributed by atoms with E-state index < -0.39 is 6.61 Å². The van der Waals surface area contributed by atoms with Crippen LogP contribution in [0.15, 0.2) is 82.2 Å². The first kappa shape index (κ1) is 24.0. The second-order valence-corrected chi connectivity index (χ2v) is 7.92. The van der Waals surface area contributed by atoms with E-state index in [0.717, 1.165) is 11.3 Å². The zero-order valence-corrected chi connectivity index (χ0v) is 19.6. The van der Waals surface area contributed by atoms with E-state index in [-0.39, 0.29) is 23.0 Å². The minimum absolute atomic E-state index is 0.0616. The third kappa shape index (κ3) is 5.67. The molecule has 1 aromatic heterocycles. The van der Waals surface area contributed by atoms with Crippen LogP contribution in [-0.4, -0.2) is 36.8 Å². The van der Waals surface area contributed by atoms with Gasteiger partial charge in [-0.15, -0.1) is 11.3 Å². The lowest BCUT2D eigenvalue weighted by atomic mass is 10.2. The van der Waals surface area contributed by atoms with Crippen molar-refractivity contribution in [1.82, 2.24) is 4.68 Å². The van der Waals surface area contributed by atoms with Gasteiger partial charge in [0.25, 0.3) is 0 Å². The Bertz CT molecular complexity index is 1360. The lowest BCUT2D eigenvalue weighted by Crippen LogP contribution is -2.11. The lowest BCUT2D eigenvalue weighted by molar-refractivity contribution is -0.0498. The third-order valence-corrected chi connectivity index (χ3v) is 5.68. The van der Waals surface area contributed by atoms with E-state index in [1.807, 2.05) is 35.7 Å². The highest BCUT2D eigenvalue weighted by atomic mass is 32.1. The minimum atomic E-state index is -2.90. The predicted octanol–water partition coefficient (Wildman–Crippen LogP) is 5.66. The van der Waals surface area contributed by atoms with Gasteiger partial charge in [0.1, 0.15) is 5.75 Å². The number of thiazole rings is 1. The van der Waals surface area contributed by atoms with Gasteiger partial charge >= 0.3 is 6.61 Å². The van der Waals surface area contributed by atoms with Crippen molar-refractivity contribution in [3.05, 3.63) is 82.5 Å². The number of hydrogen-bond acceptors (Lipinski definition) is 7. The topological polar surface area (TPSA) is 77.6 Å². The standard InChI is InChI=1S/C25H21F2N3O4S/c1-32-21-12-16(13-22(33-2)23(21)31)14-28-30-20(17-8-10-19(11-9-17)34-24(26)27)15-35-25(30)29-18-6-4-3-5-7-18/h3-15,24,31H,1-2H3/b28-14+,29-25?. The number of halogens is 2. The van der Waals surface area contributed by atoms with Crippen LogP contribution in [0.3, 0.4) is 0 Å². The summed E-state index contributed by atoms with van der Waals surface area (Å²) < 4.78 is 41.6. The molecule has 35 heavy (non-hydrogen) atoms. The van der Waals surface area contributed by atoms with Crippen molar-refractivity contribution in [2.45, 2.75) is 6.61 Å². The quantitative estimate of drug-likeness (QED) is 0.319. The normalized spacial score (nSPS) is 11.9. The number of phenols is 1. The van der Waals surface area contributed by atoms with Crippen LogP contribution in [0.4, 0.5) is 14.5 Å². The van der Waals surface area contributed by atoms with Crippen LogP contribution in [0, 0.1) is 0 Å². The average Bonchev–Trinajstić information content (AvgIpc) is 3.26. The highest BCUT2D eigenvalue weighted by Crippen LogP contribution is 2.36. The SMILES string of the molecule is COc1cc(/C=N/n2c(-c3ccc(OC(F)F)cc3)csc2=Nc2ccccc2)cc(OC)c1O. The van der Waals surface area contributed by atoms with E-state index in [9.17, 15) is 13.9 Å². The number of aromatic hydroxyl groups is 1. The fourth-order valence-electron chi connectivity index (χ4n) is 3.22. The van der Waals surface area contributed by atoms with E-state index in [2.05, 4.69) is 9.84 Å².